The molecule has 0 bridgehead atoms. The molecule has 180 valence electrons. The van der Waals surface area contributed by atoms with Crippen molar-refractivity contribution < 1.29 is 75.9 Å². The molecule has 0 fully saturated rings. The van der Waals surface area contributed by atoms with Gasteiger partial charge in [0.15, 0.2) is 0 Å². The molecule has 0 saturated carbocycles. The summed E-state index contributed by atoms with van der Waals surface area (Å²) < 4.78 is 0. The SMILES string of the molecule is CC(C)C(C)C.CC(C)[PH+](CCNCCP)C(C)C.C[C-](C)C.[CH-]=O.[FeH][Br].[K+].[OH-]. The normalized spacial score (nSPS) is 9.28. The summed E-state index contributed by atoms with van der Waals surface area (Å²) in [5.74, 6) is 3.12. The quantitative estimate of drug-likeness (QED) is 0.156. The molecular formula is C21H52BrFeKNO2P2-. The minimum Gasteiger partial charge on any atom is -0.870 e. The summed E-state index contributed by atoms with van der Waals surface area (Å²) in [6.07, 6.45) is 2.59. The van der Waals surface area contributed by atoms with Gasteiger partial charge in [0, 0.05) is 14.5 Å². The Bertz CT molecular complexity index is 238. The first kappa shape index (κ1) is 49.3. The standard InChI is InChI=1S/C10H25NP2.C6H14.C4H9.CHO.BrH.Fe.K.H2O.H/c1-9(2)13(10(3)4)8-6-11-5-7-12;1-5(2)6(3)4;1-4(2)3;1-2;;;;;/h9-11H,5-8,12H2,1-4H3;5-6H,1-4H3;1-3H3;1H;1H;;;1H2;/q;;2*-1;;2*+1;;/p-1. The first-order valence-electron chi connectivity index (χ1n) is 9.88. The molecule has 0 saturated heterocycles. The fourth-order valence-corrected chi connectivity index (χ4v) is 4.86. The molecule has 29 heavy (non-hydrogen) atoms. The van der Waals surface area contributed by atoms with E-state index in [4.69, 9.17) is 4.79 Å². The summed E-state index contributed by atoms with van der Waals surface area (Å²) in [5.41, 5.74) is 1.84. The third-order valence-electron chi connectivity index (χ3n) is 3.73. The van der Waals surface area contributed by atoms with Gasteiger partial charge in [0.25, 0.3) is 0 Å². The third kappa shape index (κ3) is 59.1. The molecule has 0 aromatic carbocycles. The van der Waals surface area contributed by atoms with Crippen LogP contribution in [0.25, 0.3) is 0 Å². The van der Waals surface area contributed by atoms with Crippen LogP contribution in [0.2, 0.25) is 0 Å². The van der Waals surface area contributed by atoms with Gasteiger partial charge in [-0.15, -0.1) is 9.24 Å². The van der Waals surface area contributed by atoms with Gasteiger partial charge in [-0.05, 0) is 52.2 Å². The second-order valence-electron chi connectivity index (χ2n) is 8.16. The fourth-order valence-electron chi connectivity index (χ4n) is 1.70. The van der Waals surface area contributed by atoms with Crippen LogP contribution in [-0.2, 0) is 19.0 Å². The Hall–Kier alpha value is 3.09. The van der Waals surface area contributed by atoms with Crippen molar-refractivity contribution in [3.63, 3.8) is 0 Å². The molecule has 0 radical (unpaired) electrons. The third-order valence-corrected chi connectivity index (χ3v) is 7.81. The van der Waals surface area contributed by atoms with Crippen LogP contribution in [0.5, 0.6) is 0 Å². The molecule has 0 rings (SSSR count). The zero-order valence-electron chi connectivity index (χ0n) is 21.4. The van der Waals surface area contributed by atoms with Gasteiger partial charge in [0.05, 0.1) is 17.5 Å². The summed E-state index contributed by atoms with van der Waals surface area (Å²) in [6.45, 7) is 30.3. The second-order valence-corrected chi connectivity index (χ2v) is 12.7. The Kier molecular flexibility index (Phi) is 70.3. The van der Waals surface area contributed by atoms with Crippen LogP contribution < -0.4 is 56.7 Å². The topological polar surface area (TPSA) is 59.1 Å². The number of hydrogen-bond donors (Lipinski definition) is 1. The summed E-state index contributed by atoms with van der Waals surface area (Å²) in [4.78, 5) is 7.75. The Morgan fingerprint density at radius 3 is 1.34 bits per heavy atom. The van der Waals surface area contributed by atoms with E-state index in [1.165, 1.54) is 24.8 Å². The number of carbonyl (C=O) groups excluding carboxylic acids is 1. The van der Waals surface area contributed by atoms with Crippen molar-refractivity contribution in [2.24, 2.45) is 11.8 Å². The Morgan fingerprint density at radius 2 is 1.17 bits per heavy atom. The van der Waals surface area contributed by atoms with E-state index in [0.29, 0.717) is 0 Å². The van der Waals surface area contributed by atoms with Crippen LogP contribution >= 0.6 is 31.3 Å². The Morgan fingerprint density at radius 1 is 0.897 bits per heavy atom. The van der Waals surface area contributed by atoms with E-state index in [2.05, 4.69) is 126 Å². The number of rotatable bonds is 8. The molecule has 2 N–H and O–H groups in total. The van der Waals surface area contributed by atoms with Crippen LogP contribution in [0.4, 0.5) is 0 Å². The molecule has 0 spiro atoms. The predicted octanol–water partition coefficient (Wildman–Crippen LogP) is 3.53. The van der Waals surface area contributed by atoms with E-state index >= 15 is 0 Å². The van der Waals surface area contributed by atoms with Gasteiger partial charge in [-0.1, -0.05) is 27.7 Å². The van der Waals surface area contributed by atoms with Crippen molar-refractivity contribution in [1.82, 2.24) is 5.32 Å². The first-order chi connectivity index (χ1) is 12.5. The van der Waals surface area contributed by atoms with Crippen molar-refractivity contribution in [1.29, 1.82) is 0 Å². The van der Waals surface area contributed by atoms with Gasteiger partial charge >= 0.3 is 79.7 Å². The number of nitrogens with one attached hydrogen (secondary N) is 1. The zero-order chi connectivity index (χ0) is 23.0. The predicted molar refractivity (Wildman–Crippen MR) is 140 cm³/mol. The average Bonchev–Trinajstić information content (AvgIpc) is 2.57. The average molecular weight is 587 g/mol. The number of halogens is 1. The van der Waals surface area contributed by atoms with Gasteiger partial charge < -0.3 is 21.5 Å². The second kappa shape index (κ2) is 41.4. The van der Waals surface area contributed by atoms with Crippen LogP contribution in [0, 0.1) is 17.8 Å². The van der Waals surface area contributed by atoms with Gasteiger partial charge in [0.1, 0.15) is 0 Å². The molecule has 8 heteroatoms. The molecular weight excluding hydrogens is 535 g/mol. The molecule has 3 nitrogen and oxygen atoms in total. The van der Waals surface area contributed by atoms with Gasteiger partial charge in [-0.2, -0.15) is 20.8 Å². The molecule has 0 aliphatic rings. The Labute approximate surface area is 246 Å². The summed E-state index contributed by atoms with van der Waals surface area (Å²) in [5, 5.41) is 3.48. The maximum Gasteiger partial charge on any atom is 1.00 e. The first-order valence-corrected chi connectivity index (χ1v) is 15.5. The van der Waals surface area contributed by atoms with Crippen molar-refractivity contribution >= 4 is 38.1 Å². The molecule has 0 amide bonds. The summed E-state index contributed by atoms with van der Waals surface area (Å²) >= 11 is 5.50. The number of hydrogen-bond acceptors (Lipinski definition) is 3. The smallest absolute Gasteiger partial charge is 0.870 e. The zero-order valence-corrected chi connectivity index (χ0v) is 29.4. The molecule has 1 unspecified atom stereocenters. The molecule has 0 aromatic heterocycles. The van der Waals surface area contributed by atoms with Crippen LogP contribution in [0.3, 0.4) is 0 Å². The minimum absolute atomic E-state index is 0. The van der Waals surface area contributed by atoms with Crippen molar-refractivity contribution in [2.75, 3.05) is 25.4 Å². The molecule has 0 aromatic rings. The van der Waals surface area contributed by atoms with E-state index in [9.17, 15) is 0 Å². The van der Waals surface area contributed by atoms with Gasteiger partial charge in [-0.3, -0.25) is 6.79 Å². The molecule has 1 atom stereocenters. The molecule has 0 aliphatic heterocycles. The van der Waals surface area contributed by atoms with Crippen LogP contribution in [0.15, 0.2) is 0 Å². The van der Waals surface area contributed by atoms with E-state index in [1.54, 1.807) is 0 Å². The van der Waals surface area contributed by atoms with E-state index in [-0.39, 0.29) is 64.8 Å². The van der Waals surface area contributed by atoms with Crippen molar-refractivity contribution in [3.05, 3.63) is 5.92 Å². The van der Waals surface area contributed by atoms with Gasteiger partial charge in [0.2, 0.25) is 0 Å². The largest absolute Gasteiger partial charge is 1.00 e. The van der Waals surface area contributed by atoms with E-state index < -0.39 is 0 Å². The van der Waals surface area contributed by atoms with Crippen molar-refractivity contribution in [2.45, 2.75) is 87.5 Å². The van der Waals surface area contributed by atoms with E-state index in [0.717, 1.165) is 29.7 Å². The molecule has 0 heterocycles. The molecule has 0 aliphatic carbocycles. The Balaban J connectivity index is -0.0000000511. The van der Waals surface area contributed by atoms with Crippen LogP contribution in [0.1, 0.15) is 76.2 Å². The summed E-state index contributed by atoms with van der Waals surface area (Å²) in [6, 6.07) is 0. The maximum atomic E-state index is 7.75. The van der Waals surface area contributed by atoms with Crippen molar-refractivity contribution in [3.8, 4) is 0 Å². The van der Waals surface area contributed by atoms with E-state index in [1.807, 2.05) is 0 Å². The van der Waals surface area contributed by atoms with Crippen LogP contribution in [-0.4, -0.2) is 49.0 Å². The fraction of sp³-hybridized carbons (Fsp3) is 0.905. The van der Waals surface area contributed by atoms with Gasteiger partial charge in [-0.25, -0.2) is 0 Å². The summed E-state index contributed by atoms with van der Waals surface area (Å²) in [7, 11) is 2.63. The monoisotopic (exact) mass is 586 g/mol. The maximum absolute atomic E-state index is 7.75. The minimum atomic E-state index is -0.128.